The molecule has 1 atom stereocenters. The van der Waals surface area contributed by atoms with E-state index >= 15 is 0 Å². The van der Waals surface area contributed by atoms with E-state index in [-0.39, 0.29) is 17.9 Å². The second-order valence-corrected chi connectivity index (χ2v) is 4.00. The van der Waals surface area contributed by atoms with Crippen LogP contribution in [0.3, 0.4) is 0 Å². The molecule has 1 unspecified atom stereocenters. The number of aromatic carboxylic acids is 1. The SMILES string of the molecule is CCC(Oc1cc([N+](=O)[O-])c(C(=O)O)cc1OC)C(N)=O. The number of ether oxygens (including phenoxy) is 2. The molecule has 1 amide bonds. The summed E-state index contributed by atoms with van der Waals surface area (Å²) in [6.45, 7) is 1.64. The van der Waals surface area contributed by atoms with Crippen LogP contribution in [-0.2, 0) is 4.79 Å². The van der Waals surface area contributed by atoms with Crippen LogP contribution in [-0.4, -0.2) is 35.1 Å². The van der Waals surface area contributed by atoms with Gasteiger partial charge in [0.1, 0.15) is 5.56 Å². The Labute approximate surface area is 119 Å². The maximum Gasteiger partial charge on any atom is 0.342 e. The highest BCUT2D eigenvalue weighted by molar-refractivity contribution is 5.93. The maximum absolute atomic E-state index is 11.2. The van der Waals surface area contributed by atoms with Gasteiger partial charge in [-0.15, -0.1) is 0 Å². The van der Waals surface area contributed by atoms with Crippen LogP contribution in [0.2, 0.25) is 0 Å². The van der Waals surface area contributed by atoms with Crippen molar-refractivity contribution in [2.24, 2.45) is 5.73 Å². The van der Waals surface area contributed by atoms with E-state index in [1.165, 1.54) is 7.11 Å². The van der Waals surface area contributed by atoms with Crippen molar-refractivity contribution in [3.63, 3.8) is 0 Å². The molecule has 3 N–H and O–H groups in total. The van der Waals surface area contributed by atoms with Crippen LogP contribution in [0.5, 0.6) is 11.5 Å². The van der Waals surface area contributed by atoms with Crippen LogP contribution in [0.4, 0.5) is 5.69 Å². The summed E-state index contributed by atoms with van der Waals surface area (Å²) >= 11 is 0. The molecule has 9 heteroatoms. The number of hydrogen-bond donors (Lipinski definition) is 2. The number of nitro benzene ring substituents is 1. The Hall–Kier alpha value is -2.84. The van der Waals surface area contributed by atoms with Gasteiger partial charge in [-0.1, -0.05) is 6.92 Å². The second kappa shape index (κ2) is 6.55. The monoisotopic (exact) mass is 298 g/mol. The molecule has 0 aromatic heterocycles. The molecule has 0 aliphatic rings. The molecule has 1 rings (SSSR count). The quantitative estimate of drug-likeness (QED) is 0.563. The number of methoxy groups -OCH3 is 1. The fraction of sp³-hybridized carbons (Fsp3) is 0.333. The summed E-state index contributed by atoms with van der Waals surface area (Å²) in [5, 5.41) is 19.9. The zero-order valence-corrected chi connectivity index (χ0v) is 11.4. The Balaban J connectivity index is 3.37. The molecule has 1 aromatic rings. The predicted octanol–water partition coefficient (Wildman–Crippen LogP) is 0.944. The van der Waals surface area contributed by atoms with Crippen LogP contribution < -0.4 is 15.2 Å². The number of carbonyl (C=O) groups excluding carboxylic acids is 1. The Morgan fingerprint density at radius 3 is 2.43 bits per heavy atom. The molecule has 0 saturated carbocycles. The van der Waals surface area contributed by atoms with E-state index in [0.29, 0.717) is 0 Å². The largest absolute Gasteiger partial charge is 0.493 e. The maximum atomic E-state index is 11.2. The van der Waals surface area contributed by atoms with E-state index in [2.05, 4.69) is 0 Å². The van der Waals surface area contributed by atoms with Gasteiger partial charge in [0.05, 0.1) is 18.1 Å². The normalized spacial score (nSPS) is 11.5. The van der Waals surface area contributed by atoms with Gasteiger partial charge in [0.15, 0.2) is 17.6 Å². The first kappa shape index (κ1) is 16.2. The molecule has 0 bridgehead atoms. The van der Waals surface area contributed by atoms with Crippen LogP contribution in [0.1, 0.15) is 23.7 Å². The van der Waals surface area contributed by atoms with E-state index < -0.39 is 34.2 Å². The summed E-state index contributed by atoms with van der Waals surface area (Å²) < 4.78 is 10.2. The molecule has 0 radical (unpaired) electrons. The highest BCUT2D eigenvalue weighted by Gasteiger charge is 2.26. The minimum atomic E-state index is -1.48. The Morgan fingerprint density at radius 2 is 2.05 bits per heavy atom. The third-order valence-corrected chi connectivity index (χ3v) is 2.67. The number of nitro groups is 1. The van der Waals surface area contributed by atoms with Crippen molar-refractivity contribution >= 4 is 17.6 Å². The van der Waals surface area contributed by atoms with Crippen LogP contribution >= 0.6 is 0 Å². The molecule has 0 aliphatic heterocycles. The number of carboxylic acids is 1. The van der Waals surface area contributed by atoms with Gasteiger partial charge in [0.25, 0.3) is 11.6 Å². The number of nitrogens with two attached hydrogens (primary N) is 1. The summed E-state index contributed by atoms with van der Waals surface area (Å²) in [5.74, 6) is -2.39. The summed E-state index contributed by atoms with van der Waals surface area (Å²) in [6, 6.07) is 1.86. The fourth-order valence-corrected chi connectivity index (χ4v) is 1.62. The first-order chi connectivity index (χ1) is 9.81. The summed E-state index contributed by atoms with van der Waals surface area (Å²) in [5.41, 5.74) is 3.92. The summed E-state index contributed by atoms with van der Waals surface area (Å²) in [6.07, 6.45) is -0.762. The van der Waals surface area contributed by atoms with Gasteiger partial charge in [-0.2, -0.15) is 0 Å². The first-order valence-electron chi connectivity index (χ1n) is 5.87. The summed E-state index contributed by atoms with van der Waals surface area (Å²) in [4.78, 5) is 32.2. The van der Waals surface area contributed by atoms with Gasteiger partial charge < -0.3 is 20.3 Å². The molecule has 0 spiro atoms. The lowest BCUT2D eigenvalue weighted by Gasteiger charge is -2.16. The van der Waals surface area contributed by atoms with Crippen molar-refractivity contribution in [1.82, 2.24) is 0 Å². The van der Waals surface area contributed by atoms with E-state index in [1.807, 2.05) is 0 Å². The van der Waals surface area contributed by atoms with E-state index in [1.54, 1.807) is 6.92 Å². The van der Waals surface area contributed by atoms with Gasteiger partial charge in [-0.25, -0.2) is 4.79 Å². The van der Waals surface area contributed by atoms with Crippen molar-refractivity contribution in [3.8, 4) is 11.5 Å². The molecule has 0 aliphatic carbocycles. The number of nitrogens with zero attached hydrogens (tertiary/aromatic N) is 1. The van der Waals surface area contributed by atoms with E-state index in [9.17, 15) is 19.7 Å². The van der Waals surface area contributed by atoms with Crippen LogP contribution in [0.25, 0.3) is 0 Å². The number of carboxylic acid groups (broad SMARTS) is 1. The lowest BCUT2D eigenvalue weighted by atomic mass is 10.1. The zero-order valence-electron chi connectivity index (χ0n) is 11.4. The summed E-state index contributed by atoms with van der Waals surface area (Å²) in [7, 11) is 1.24. The Morgan fingerprint density at radius 1 is 1.43 bits per heavy atom. The third-order valence-electron chi connectivity index (χ3n) is 2.67. The Bertz CT molecular complexity index is 585. The van der Waals surface area contributed by atoms with Gasteiger partial charge in [-0.05, 0) is 6.42 Å². The average Bonchev–Trinajstić information content (AvgIpc) is 2.43. The van der Waals surface area contributed by atoms with Crippen molar-refractivity contribution in [3.05, 3.63) is 27.8 Å². The zero-order chi connectivity index (χ0) is 16.2. The number of carbonyl (C=O) groups is 2. The molecule has 9 nitrogen and oxygen atoms in total. The molecule has 0 heterocycles. The van der Waals surface area contributed by atoms with Crippen molar-refractivity contribution in [2.75, 3.05) is 7.11 Å². The number of primary amides is 1. The molecular formula is C12H14N2O7. The Kier molecular flexibility index (Phi) is 5.06. The first-order valence-corrected chi connectivity index (χ1v) is 5.87. The van der Waals surface area contributed by atoms with Gasteiger partial charge in [0, 0.05) is 6.07 Å². The van der Waals surface area contributed by atoms with Gasteiger partial charge in [-0.3, -0.25) is 14.9 Å². The molecule has 1 aromatic carbocycles. The number of hydrogen-bond acceptors (Lipinski definition) is 6. The van der Waals surface area contributed by atoms with Crippen molar-refractivity contribution in [2.45, 2.75) is 19.4 Å². The topological polar surface area (TPSA) is 142 Å². The van der Waals surface area contributed by atoms with Gasteiger partial charge in [0.2, 0.25) is 0 Å². The van der Waals surface area contributed by atoms with Crippen molar-refractivity contribution < 1.29 is 29.1 Å². The van der Waals surface area contributed by atoms with E-state index in [4.69, 9.17) is 20.3 Å². The lowest BCUT2D eigenvalue weighted by Crippen LogP contribution is -2.33. The minimum absolute atomic E-state index is 0.0438. The lowest BCUT2D eigenvalue weighted by molar-refractivity contribution is -0.385. The molecule has 0 fully saturated rings. The molecule has 0 saturated heterocycles. The minimum Gasteiger partial charge on any atom is -0.493 e. The third kappa shape index (κ3) is 3.59. The highest BCUT2D eigenvalue weighted by atomic mass is 16.6. The number of amides is 1. The fourth-order valence-electron chi connectivity index (χ4n) is 1.62. The van der Waals surface area contributed by atoms with Crippen LogP contribution in [0, 0.1) is 10.1 Å². The van der Waals surface area contributed by atoms with E-state index in [0.717, 1.165) is 12.1 Å². The average molecular weight is 298 g/mol. The molecule has 21 heavy (non-hydrogen) atoms. The highest BCUT2D eigenvalue weighted by Crippen LogP contribution is 2.35. The standard InChI is InChI=1S/C12H14N2O7/c1-3-8(11(13)15)21-10-5-7(14(18)19)6(12(16)17)4-9(10)20-2/h4-5,8H,3H2,1-2H3,(H2,13,15)(H,16,17). The van der Waals surface area contributed by atoms with Crippen LogP contribution in [0.15, 0.2) is 12.1 Å². The van der Waals surface area contributed by atoms with Gasteiger partial charge >= 0.3 is 5.97 Å². The number of benzene rings is 1. The van der Waals surface area contributed by atoms with Crippen molar-refractivity contribution in [1.29, 1.82) is 0 Å². The number of rotatable bonds is 7. The smallest absolute Gasteiger partial charge is 0.342 e. The second-order valence-electron chi connectivity index (χ2n) is 4.00. The predicted molar refractivity (Wildman–Crippen MR) is 70.5 cm³/mol. The molecule has 114 valence electrons. The molecular weight excluding hydrogens is 284 g/mol.